The Morgan fingerprint density at radius 3 is 1.93 bits per heavy atom. The number of carboxylic acids is 3. The van der Waals surface area contributed by atoms with E-state index in [0.29, 0.717) is 0 Å². The summed E-state index contributed by atoms with van der Waals surface area (Å²) in [6.45, 7) is 0. The Kier molecular flexibility index (Phi) is 3.55. The number of aliphatic hydroxyl groups is 2. The second-order valence-electron chi connectivity index (χ2n) is 2.52. The molecule has 0 radical (unpaired) electrons. The number of aliphatic carboxylic acids is 3. The molecule has 0 aliphatic heterocycles. The summed E-state index contributed by atoms with van der Waals surface area (Å²) in [6.07, 6.45) is -4.26. The number of carboxylic acid groups (broad SMARTS) is 3. The van der Waals surface area contributed by atoms with Crippen molar-refractivity contribution in [2.75, 3.05) is 0 Å². The third kappa shape index (κ3) is 2.41. The van der Waals surface area contributed by atoms with Crippen molar-refractivity contribution in [2.24, 2.45) is 0 Å². The van der Waals surface area contributed by atoms with Crippen LogP contribution < -0.4 is 5.11 Å². The van der Waals surface area contributed by atoms with Crippen LogP contribution in [0.1, 0.15) is 6.42 Å². The first-order valence-electron chi connectivity index (χ1n) is 3.28. The molecule has 8 heteroatoms. The zero-order valence-electron chi connectivity index (χ0n) is 6.71. The monoisotopic (exact) mass is 207 g/mol. The van der Waals surface area contributed by atoms with Crippen molar-refractivity contribution < 1.29 is 39.9 Å². The lowest BCUT2D eigenvalue weighted by atomic mass is 9.93. The molecule has 0 amide bonds. The van der Waals surface area contributed by atoms with Crippen LogP contribution >= 0.6 is 0 Å². The van der Waals surface area contributed by atoms with Crippen LogP contribution in [-0.4, -0.2) is 50.0 Å². The van der Waals surface area contributed by atoms with Gasteiger partial charge in [0.2, 0.25) is 5.60 Å². The fourth-order valence-corrected chi connectivity index (χ4v) is 0.714. The Hall–Kier alpha value is -1.67. The minimum absolute atomic E-state index is 1.52. The Labute approximate surface area is 77.0 Å². The van der Waals surface area contributed by atoms with Gasteiger partial charge in [0.15, 0.2) is 6.10 Å². The fraction of sp³-hybridized carbons (Fsp3) is 0.500. The lowest BCUT2D eigenvalue weighted by molar-refractivity contribution is -0.310. The van der Waals surface area contributed by atoms with Gasteiger partial charge in [-0.05, 0) is 0 Å². The number of carbonyl (C=O) groups is 3. The highest BCUT2D eigenvalue weighted by Gasteiger charge is 2.47. The van der Waals surface area contributed by atoms with Gasteiger partial charge in [-0.15, -0.1) is 0 Å². The van der Waals surface area contributed by atoms with E-state index < -0.39 is 36.0 Å². The van der Waals surface area contributed by atoms with Crippen molar-refractivity contribution in [3.8, 4) is 0 Å². The molecule has 0 saturated heterocycles. The van der Waals surface area contributed by atoms with Crippen molar-refractivity contribution in [3.63, 3.8) is 0 Å². The average molecular weight is 207 g/mol. The minimum atomic E-state index is -3.29. The summed E-state index contributed by atoms with van der Waals surface area (Å²) in [7, 11) is 0. The summed E-state index contributed by atoms with van der Waals surface area (Å²) in [5.41, 5.74) is -3.29. The van der Waals surface area contributed by atoms with Gasteiger partial charge in [-0.25, -0.2) is 9.59 Å². The molecule has 0 rings (SSSR count). The Morgan fingerprint density at radius 1 is 1.29 bits per heavy atom. The molecule has 0 saturated carbocycles. The van der Waals surface area contributed by atoms with E-state index in [-0.39, 0.29) is 0 Å². The van der Waals surface area contributed by atoms with Crippen LogP contribution in [0.5, 0.6) is 0 Å². The summed E-state index contributed by atoms with van der Waals surface area (Å²) in [5, 5.41) is 44.3. The molecule has 4 N–H and O–H groups in total. The maximum absolute atomic E-state index is 10.3. The number of hydrogen-bond acceptors (Lipinski definition) is 6. The second kappa shape index (κ2) is 4.03. The number of aliphatic hydroxyl groups excluding tert-OH is 1. The number of hydrogen-bond donors (Lipinski definition) is 4. The normalized spacial score (nSPS) is 16.7. The van der Waals surface area contributed by atoms with Crippen LogP contribution in [0.4, 0.5) is 0 Å². The molecule has 0 aromatic rings. The van der Waals surface area contributed by atoms with Crippen molar-refractivity contribution >= 4 is 17.9 Å². The average Bonchev–Trinajstić information content (AvgIpc) is 2.00. The van der Waals surface area contributed by atoms with Crippen molar-refractivity contribution in [1.29, 1.82) is 0 Å². The molecule has 0 bridgehead atoms. The lowest BCUT2D eigenvalue weighted by Crippen LogP contribution is -2.55. The second-order valence-corrected chi connectivity index (χ2v) is 2.52. The largest absolute Gasteiger partial charge is 0.550 e. The Balaban J connectivity index is 4.99. The van der Waals surface area contributed by atoms with Gasteiger partial charge in [-0.2, -0.15) is 0 Å². The predicted octanol–water partition coefficient (Wildman–Crippen LogP) is -3.61. The van der Waals surface area contributed by atoms with E-state index >= 15 is 0 Å². The van der Waals surface area contributed by atoms with Crippen LogP contribution in [0.3, 0.4) is 0 Å². The molecule has 2 atom stereocenters. The molecule has 0 aromatic heterocycles. The van der Waals surface area contributed by atoms with E-state index in [1.165, 1.54) is 0 Å². The first-order chi connectivity index (χ1) is 6.21. The molecular formula is C6H7O8-. The molecule has 2 unspecified atom stereocenters. The highest BCUT2D eigenvalue weighted by Crippen LogP contribution is 2.16. The van der Waals surface area contributed by atoms with Crippen LogP contribution in [-0.2, 0) is 14.4 Å². The van der Waals surface area contributed by atoms with Crippen LogP contribution in [0.2, 0.25) is 0 Å². The van der Waals surface area contributed by atoms with Crippen molar-refractivity contribution in [1.82, 2.24) is 0 Å². The van der Waals surface area contributed by atoms with Gasteiger partial charge in [0, 0.05) is 12.4 Å². The topological polar surface area (TPSA) is 155 Å². The van der Waals surface area contributed by atoms with Crippen LogP contribution in [0.15, 0.2) is 0 Å². The van der Waals surface area contributed by atoms with E-state index in [0.717, 1.165) is 0 Å². The first-order valence-corrected chi connectivity index (χ1v) is 3.28. The first kappa shape index (κ1) is 12.3. The highest BCUT2D eigenvalue weighted by atomic mass is 16.4. The quantitative estimate of drug-likeness (QED) is 0.360. The SMILES string of the molecule is O=C([O-])CC(O)(C(=O)O)C(O)C(=O)O. The zero-order valence-corrected chi connectivity index (χ0v) is 6.71. The van der Waals surface area contributed by atoms with Gasteiger partial charge in [0.05, 0.1) is 0 Å². The van der Waals surface area contributed by atoms with E-state index in [9.17, 15) is 19.5 Å². The Morgan fingerprint density at radius 2 is 1.71 bits per heavy atom. The van der Waals surface area contributed by atoms with Crippen LogP contribution in [0.25, 0.3) is 0 Å². The Bertz CT molecular complexity index is 271. The number of carbonyl (C=O) groups excluding carboxylic acids is 1. The molecule has 0 heterocycles. The molecule has 0 aromatic carbocycles. The third-order valence-electron chi connectivity index (χ3n) is 1.47. The lowest BCUT2D eigenvalue weighted by Gasteiger charge is -2.26. The van der Waals surface area contributed by atoms with E-state index in [4.69, 9.17) is 20.4 Å². The fourth-order valence-electron chi connectivity index (χ4n) is 0.714. The molecule has 0 spiro atoms. The summed E-state index contributed by atoms with van der Waals surface area (Å²) in [6, 6.07) is 0. The highest BCUT2D eigenvalue weighted by molar-refractivity contribution is 5.90. The molecule has 14 heavy (non-hydrogen) atoms. The molecular weight excluding hydrogens is 200 g/mol. The van der Waals surface area contributed by atoms with Crippen molar-refractivity contribution in [3.05, 3.63) is 0 Å². The molecule has 0 fully saturated rings. The maximum atomic E-state index is 10.3. The van der Waals surface area contributed by atoms with Gasteiger partial charge < -0.3 is 30.3 Å². The van der Waals surface area contributed by atoms with Crippen molar-refractivity contribution in [2.45, 2.75) is 18.1 Å². The number of rotatable bonds is 5. The minimum Gasteiger partial charge on any atom is -0.550 e. The molecule has 0 aliphatic rings. The maximum Gasteiger partial charge on any atom is 0.339 e. The molecule has 8 nitrogen and oxygen atoms in total. The van der Waals surface area contributed by atoms with Gasteiger partial charge in [-0.1, -0.05) is 0 Å². The van der Waals surface area contributed by atoms with Gasteiger partial charge >= 0.3 is 11.9 Å². The van der Waals surface area contributed by atoms with E-state index in [1.807, 2.05) is 0 Å². The van der Waals surface area contributed by atoms with Crippen LogP contribution in [0, 0.1) is 0 Å². The molecule has 0 aliphatic carbocycles. The van der Waals surface area contributed by atoms with Gasteiger partial charge in [0.1, 0.15) is 0 Å². The zero-order chi connectivity index (χ0) is 11.5. The summed E-state index contributed by atoms with van der Waals surface area (Å²) >= 11 is 0. The summed E-state index contributed by atoms with van der Waals surface area (Å²) in [5.74, 6) is -6.19. The van der Waals surface area contributed by atoms with Gasteiger partial charge in [-0.3, -0.25) is 0 Å². The third-order valence-corrected chi connectivity index (χ3v) is 1.47. The standard InChI is InChI=1S/C6H8O8/c7-2(8)1-6(14,5(12)13)3(9)4(10)11/h3,9,14H,1H2,(H,7,8)(H,10,11)(H,12,13)/p-1. The van der Waals surface area contributed by atoms with E-state index in [2.05, 4.69) is 0 Å². The van der Waals surface area contributed by atoms with Gasteiger partial charge in [0.25, 0.3) is 0 Å². The summed E-state index contributed by atoms with van der Waals surface area (Å²) < 4.78 is 0. The predicted molar refractivity (Wildman–Crippen MR) is 35.9 cm³/mol. The molecule has 80 valence electrons. The van der Waals surface area contributed by atoms with E-state index in [1.54, 1.807) is 0 Å². The summed E-state index contributed by atoms with van der Waals surface area (Å²) in [4.78, 5) is 30.5. The smallest absolute Gasteiger partial charge is 0.339 e.